The number of carbonyl (C=O) groups is 1. The number of nitrogens with zero attached hydrogens (tertiary/aromatic N) is 2. The fraction of sp³-hybridized carbons (Fsp3) is 0.406. The summed E-state index contributed by atoms with van der Waals surface area (Å²) in [4.78, 5) is 15.3. The molecule has 3 aromatic rings. The Kier molecular flexibility index (Phi) is 8.95. The van der Waals surface area contributed by atoms with Crippen molar-refractivity contribution in [2.75, 3.05) is 33.2 Å². The predicted octanol–water partition coefficient (Wildman–Crippen LogP) is 5.06. The van der Waals surface area contributed by atoms with Crippen LogP contribution in [0.2, 0.25) is 5.02 Å². The Hall–Kier alpha value is -2.71. The van der Waals surface area contributed by atoms with E-state index < -0.39 is 10.0 Å². The highest BCUT2D eigenvalue weighted by molar-refractivity contribution is 7.89. The molecule has 0 radical (unpaired) electrons. The Balaban J connectivity index is 1.21. The van der Waals surface area contributed by atoms with Crippen LogP contribution in [0.25, 0.3) is 0 Å². The van der Waals surface area contributed by atoms with E-state index in [0.29, 0.717) is 18.0 Å². The van der Waals surface area contributed by atoms with E-state index in [4.69, 9.17) is 11.6 Å². The highest BCUT2D eigenvalue weighted by Gasteiger charge is 2.41. The molecule has 1 N–H and O–H groups in total. The van der Waals surface area contributed by atoms with Gasteiger partial charge in [0.25, 0.3) is 0 Å². The van der Waals surface area contributed by atoms with Crippen LogP contribution < -0.4 is 5.32 Å². The van der Waals surface area contributed by atoms with Gasteiger partial charge in [-0.05, 0) is 79.6 Å². The lowest BCUT2D eigenvalue weighted by molar-refractivity contribution is -0.121. The molecule has 0 bridgehead atoms. The minimum absolute atomic E-state index is 0.0797. The maximum absolute atomic E-state index is 13.5. The molecular formula is C32H38ClN3O3S. The van der Waals surface area contributed by atoms with Gasteiger partial charge in [0, 0.05) is 43.2 Å². The molecule has 1 heterocycles. The topological polar surface area (TPSA) is 69.7 Å². The number of benzene rings is 3. The van der Waals surface area contributed by atoms with Gasteiger partial charge in [0.1, 0.15) is 0 Å². The van der Waals surface area contributed by atoms with Gasteiger partial charge in [0.15, 0.2) is 0 Å². The van der Waals surface area contributed by atoms with Crippen molar-refractivity contribution in [3.8, 4) is 0 Å². The molecule has 8 heteroatoms. The molecule has 5 rings (SSSR count). The van der Waals surface area contributed by atoms with E-state index in [1.807, 2.05) is 30.3 Å². The first-order valence-electron chi connectivity index (χ1n) is 14.1. The predicted molar refractivity (Wildman–Crippen MR) is 160 cm³/mol. The van der Waals surface area contributed by atoms with Crippen LogP contribution >= 0.6 is 11.6 Å². The lowest BCUT2D eigenvalue weighted by atomic mass is 9.78. The minimum atomic E-state index is -3.65. The summed E-state index contributed by atoms with van der Waals surface area (Å²) in [6, 6.07) is 24.9. The van der Waals surface area contributed by atoms with Crippen LogP contribution in [-0.2, 0) is 33.1 Å². The molecule has 3 aromatic carbocycles. The van der Waals surface area contributed by atoms with Crippen molar-refractivity contribution in [1.82, 2.24) is 14.5 Å². The van der Waals surface area contributed by atoms with Crippen molar-refractivity contribution in [2.24, 2.45) is 0 Å². The first kappa shape index (κ1) is 28.8. The summed E-state index contributed by atoms with van der Waals surface area (Å²) >= 11 is 6.01. The van der Waals surface area contributed by atoms with Gasteiger partial charge in [-0.2, -0.15) is 0 Å². The molecule has 1 saturated heterocycles. The van der Waals surface area contributed by atoms with E-state index in [2.05, 4.69) is 34.5 Å². The second kappa shape index (κ2) is 12.4. The van der Waals surface area contributed by atoms with Gasteiger partial charge in [0.2, 0.25) is 15.9 Å². The molecular weight excluding hydrogens is 542 g/mol. The maximum atomic E-state index is 13.5. The second-order valence-electron chi connectivity index (χ2n) is 11.2. The quantitative estimate of drug-likeness (QED) is 0.365. The Bertz CT molecular complexity index is 1410. The first-order chi connectivity index (χ1) is 19.2. The second-order valence-corrected chi connectivity index (χ2v) is 13.7. The molecule has 1 amide bonds. The van der Waals surface area contributed by atoms with Gasteiger partial charge >= 0.3 is 0 Å². The van der Waals surface area contributed by atoms with E-state index in [9.17, 15) is 13.2 Å². The smallest absolute Gasteiger partial charge is 0.242 e. The molecule has 2 aliphatic rings. The molecule has 1 unspecified atom stereocenters. The lowest BCUT2D eigenvalue weighted by Gasteiger charge is -2.38. The number of rotatable bonds is 10. The van der Waals surface area contributed by atoms with Crippen LogP contribution in [0.4, 0.5) is 0 Å². The number of carbonyl (C=O) groups excluding carboxylic acids is 1. The number of likely N-dealkylation sites (N-methyl/N-ethyl adjacent to an activating group) is 1. The van der Waals surface area contributed by atoms with Crippen molar-refractivity contribution in [3.63, 3.8) is 0 Å². The average Bonchev–Trinajstić information content (AvgIpc) is 3.32. The summed E-state index contributed by atoms with van der Waals surface area (Å²) in [6.07, 6.45) is 5.04. The van der Waals surface area contributed by atoms with E-state index in [1.165, 1.54) is 15.4 Å². The fourth-order valence-electron chi connectivity index (χ4n) is 6.30. The van der Waals surface area contributed by atoms with Crippen LogP contribution in [0.3, 0.4) is 0 Å². The molecule has 40 heavy (non-hydrogen) atoms. The Morgan fingerprint density at radius 1 is 1.00 bits per heavy atom. The summed E-state index contributed by atoms with van der Waals surface area (Å²) in [5.41, 5.74) is 3.38. The fourth-order valence-corrected chi connectivity index (χ4v) is 7.68. The van der Waals surface area contributed by atoms with E-state index in [1.54, 1.807) is 31.3 Å². The maximum Gasteiger partial charge on any atom is 0.242 e. The number of amides is 1. The standard InChI is InChI=1S/C32H38ClN3O3S/c1-35(40(38,39)29-13-11-27(33)12-14-29)24-32(18-15-26-9-5-6-10-30(26)32)19-22-36-20-16-28(17-21-36)34-31(37)23-25-7-3-2-4-8-25/h2-14,28H,15-24H2,1H3,(H,34,37). The summed E-state index contributed by atoms with van der Waals surface area (Å²) in [5, 5.41) is 3.74. The number of sulfonamides is 1. The van der Waals surface area contributed by atoms with Gasteiger partial charge in [0.05, 0.1) is 11.3 Å². The number of likely N-dealkylation sites (tertiary alicyclic amines) is 1. The van der Waals surface area contributed by atoms with Crippen LogP contribution in [0.1, 0.15) is 42.4 Å². The van der Waals surface area contributed by atoms with Crippen LogP contribution in [0, 0.1) is 0 Å². The minimum Gasteiger partial charge on any atom is -0.353 e. The van der Waals surface area contributed by atoms with Gasteiger partial charge in [-0.25, -0.2) is 12.7 Å². The van der Waals surface area contributed by atoms with Gasteiger partial charge < -0.3 is 10.2 Å². The number of halogens is 1. The van der Waals surface area contributed by atoms with Crippen LogP contribution in [0.15, 0.2) is 83.8 Å². The number of piperidine rings is 1. The van der Waals surface area contributed by atoms with Gasteiger partial charge in [-0.1, -0.05) is 66.2 Å². The third kappa shape index (κ3) is 6.60. The zero-order valence-corrected chi connectivity index (χ0v) is 24.6. The van der Waals surface area contributed by atoms with Gasteiger partial charge in [-0.15, -0.1) is 0 Å². The molecule has 0 spiro atoms. The average molecular weight is 580 g/mol. The van der Waals surface area contributed by atoms with Crippen molar-refractivity contribution < 1.29 is 13.2 Å². The molecule has 1 fully saturated rings. The highest BCUT2D eigenvalue weighted by Crippen LogP contribution is 2.43. The molecule has 1 aliphatic heterocycles. The third-order valence-electron chi connectivity index (χ3n) is 8.58. The van der Waals surface area contributed by atoms with Crippen LogP contribution in [0.5, 0.6) is 0 Å². The SMILES string of the molecule is CN(CC1(CCN2CCC(NC(=O)Cc3ccccc3)CC2)CCc2ccccc21)S(=O)(=O)c1ccc(Cl)cc1. The zero-order chi connectivity index (χ0) is 28.2. The molecule has 212 valence electrons. The molecule has 0 saturated carbocycles. The number of nitrogens with one attached hydrogen (secondary N) is 1. The number of fused-ring (bicyclic) bond motifs is 1. The normalized spacial score (nSPS) is 20.0. The summed E-state index contributed by atoms with van der Waals surface area (Å²) in [6.45, 7) is 3.18. The summed E-state index contributed by atoms with van der Waals surface area (Å²) in [7, 11) is -1.96. The highest BCUT2D eigenvalue weighted by atomic mass is 35.5. The number of hydrogen-bond acceptors (Lipinski definition) is 4. The number of hydrogen-bond donors (Lipinski definition) is 1. The van der Waals surface area contributed by atoms with E-state index in [-0.39, 0.29) is 22.3 Å². The molecule has 6 nitrogen and oxygen atoms in total. The van der Waals surface area contributed by atoms with Gasteiger partial charge in [-0.3, -0.25) is 4.79 Å². The zero-order valence-electron chi connectivity index (χ0n) is 23.1. The molecule has 1 atom stereocenters. The summed E-state index contributed by atoms with van der Waals surface area (Å²) in [5.74, 6) is 0.0797. The monoisotopic (exact) mass is 579 g/mol. The first-order valence-corrected chi connectivity index (χ1v) is 15.9. The molecule has 1 aliphatic carbocycles. The van der Waals surface area contributed by atoms with Crippen molar-refractivity contribution >= 4 is 27.5 Å². The summed E-state index contributed by atoms with van der Waals surface area (Å²) < 4.78 is 28.5. The third-order valence-corrected chi connectivity index (χ3v) is 10.6. The Labute approximate surface area is 243 Å². The lowest BCUT2D eigenvalue weighted by Crippen LogP contribution is -2.47. The van der Waals surface area contributed by atoms with Crippen molar-refractivity contribution in [2.45, 2.75) is 54.9 Å². The Morgan fingerprint density at radius 2 is 1.68 bits per heavy atom. The number of aryl methyl sites for hydroxylation is 1. The van der Waals surface area contributed by atoms with E-state index in [0.717, 1.165) is 57.3 Å². The van der Waals surface area contributed by atoms with Crippen molar-refractivity contribution in [1.29, 1.82) is 0 Å². The largest absolute Gasteiger partial charge is 0.353 e. The molecule has 0 aromatic heterocycles. The van der Waals surface area contributed by atoms with E-state index >= 15 is 0 Å². The van der Waals surface area contributed by atoms with Crippen LogP contribution in [-0.4, -0.2) is 62.8 Å². The van der Waals surface area contributed by atoms with Crippen molar-refractivity contribution in [3.05, 3.63) is 101 Å². The Morgan fingerprint density at radius 3 is 2.40 bits per heavy atom.